The number of aromatic nitrogens is 3. The normalized spacial score (nSPS) is 18.3. The van der Waals surface area contributed by atoms with Gasteiger partial charge in [0, 0.05) is 29.5 Å². The molecule has 9 heteroatoms. The molecule has 1 aliphatic heterocycles. The predicted molar refractivity (Wildman–Crippen MR) is 94.8 cm³/mol. The van der Waals surface area contributed by atoms with Crippen molar-refractivity contribution in [1.82, 2.24) is 19.4 Å². The van der Waals surface area contributed by atoms with Crippen molar-refractivity contribution < 1.29 is 12.9 Å². The molecule has 4 rings (SSSR count). The van der Waals surface area contributed by atoms with E-state index in [0.29, 0.717) is 29.7 Å². The van der Waals surface area contributed by atoms with Crippen LogP contribution in [0.5, 0.6) is 0 Å². The monoisotopic (exact) mass is 390 g/mol. The summed E-state index contributed by atoms with van der Waals surface area (Å²) in [6.45, 7) is 0.405. The Balaban J connectivity index is 1.65. The summed E-state index contributed by atoms with van der Waals surface area (Å²) < 4.78 is 32.8. The van der Waals surface area contributed by atoms with Gasteiger partial charge in [0.25, 0.3) is 0 Å². The molecule has 26 heavy (non-hydrogen) atoms. The maximum Gasteiger partial charge on any atom is 0.245 e. The molecule has 0 saturated carbocycles. The molecular weight excluding hydrogens is 376 g/mol. The Bertz CT molecular complexity index is 1010. The minimum Gasteiger partial charge on any atom is -0.337 e. The number of halogens is 1. The Kier molecular flexibility index (Phi) is 4.47. The van der Waals surface area contributed by atoms with E-state index in [1.54, 1.807) is 36.7 Å². The number of sulfonamides is 1. The van der Waals surface area contributed by atoms with Gasteiger partial charge in [0.05, 0.1) is 4.90 Å². The highest BCUT2D eigenvalue weighted by Gasteiger charge is 2.39. The lowest BCUT2D eigenvalue weighted by Gasteiger charge is -2.21. The molecule has 0 radical (unpaired) electrons. The second kappa shape index (κ2) is 6.79. The smallest absolute Gasteiger partial charge is 0.245 e. The van der Waals surface area contributed by atoms with Gasteiger partial charge in [-0.3, -0.25) is 4.98 Å². The molecule has 1 aromatic carbocycles. The van der Waals surface area contributed by atoms with Crippen molar-refractivity contribution in [3.63, 3.8) is 0 Å². The number of hydrogen-bond acceptors (Lipinski definition) is 6. The van der Waals surface area contributed by atoms with E-state index in [4.69, 9.17) is 16.1 Å². The Hall–Kier alpha value is -2.29. The average Bonchev–Trinajstić information content (AvgIpc) is 3.32. The summed E-state index contributed by atoms with van der Waals surface area (Å²) in [7, 11) is -3.67. The zero-order chi connectivity index (χ0) is 18.1. The molecule has 7 nitrogen and oxygen atoms in total. The molecule has 0 spiro atoms. The second-order valence-corrected chi connectivity index (χ2v) is 8.25. The van der Waals surface area contributed by atoms with Gasteiger partial charge >= 0.3 is 0 Å². The SMILES string of the molecule is O=S(=O)(c1ccc(Cl)cc1)N1CCC[C@@H]1c1nc(-c2ccncc2)no1. The van der Waals surface area contributed by atoms with Crippen molar-refractivity contribution in [3.05, 3.63) is 59.7 Å². The number of hydrogen-bond donors (Lipinski definition) is 0. The third kappa shape index (κ3) is 3.11. The van der Waals surface area contributed by atoms with Crippen molar-refractivity contribution in [2.75, 3.05) is 6.54 Å². The fourth-order valence-corrected chi connectivity index (χ4v) is 4.78. The molecule has 1 aliphatic rings. The summed E-state index contributed by atoms with van der Waals surface area (Å²) in [5, 5.41) is 4.47. The van der Waals surface area contributed by atoms with E-state index in [-0.39, 0.29) is 4.90 Å². The maximum atomic E-state index is 13.0. The van der Waals surface area contributed by atoms with E-state index in [0.717, 1.165) is 12.0 Å². The highest BCUT2D eigenvalue weighted by Crippen LogP contribution is 2.36. The van der Waals surface area contributed by atoms with E-state index in [1.165, 1.54) is 16.4 Å². The quantitative estimate of drug-likeness (QED) is 0.678. The lowest BCUT2D eigenvalue weighted by Crippen LogP contribution is -2.30. The first-order valence-electron chi connectivity index (χ1n) is 8.07. The van der Waals surface area contributed by atoms with Gasteiger partial charge in [0.1, 0.15) is 6.04 Å². The molecular formula is C17H15ClN4O3S. The van der Waals surface area contributed by atoms with Crippen molar-refractivity contribution in [2.45, 2.75) is 23.8 Å². The minimum absolute atomic E-state index is 0.197. The van der Waals surface area contributed by atoms with E-state index in [2.05, 4.69) is 15.1 Å². The second-order valence-electron chi connectivity index (χ2n) is 5.92. The fraction of sp³-hybridized carbons (Fsp3) is 0.235. The van der Waals surface area contributed by atoms with Gasteiger partial charge in [-0.15, -0.1) is 0 Å². The van der Waals surface area contributed by atoms with E-state index < -0.39 is 16.1 Å². The Morgan fingerprint density at radius 2 is 1.85 bits per heavy atom. The van der Waals surface area contributed by atoms with Crippen LogP contribution in [0.2, 0.25) is 5.02 Å². The standard InChI is InChI=1S/C17H15ClN4O3S/c18-13-3-5-14(6-4-13)26(23,24)22-11-1-2-15(22)17-20-16(21-25-17)12-7-9-19-10-8-12/h3-10,15H,1-2,11H2/t15-/m1/s1. The number of nitrogens with zero attached hydrogens (tertiary/aromatic N) is 4. The van der Waals surface area contributed by atoms with E-state index in [9.17, 15) is 8.42 Å². The van der Waals surface area contributed by atoms with Crippen LogP contribution in [0.25, 0.3) is 11.4 Å². The highest BCUT2D eigenvalue weighted by atomic mass is 35.5. The van der Waals surface area contributed by atoms with Gasteiger partial charge in [-0.05, 0) is 49.2 Å². The van der Waals surface area contributed by atoms with Gasteiger partial charge in [-0.25, -0.2) is 8.42 Å². The molecule has 0 amide bonds. The van der Waals surface area contributed by atoms with Crippen molar-refractivity contribution >= 4 is 21.6 Å². The van der Waals surface area contributed by atoms with Crippen molar-refractivity contribution in [2.24, 2.45) is 0 Å². The van der Waals surface area contributed by atoms with Crippen LogP contribution in [0.15, 0.2) is 58.2 Å². The van der Waals surface area contributed by atoms with Gasteiger partial charge in [0.2, 0.25) is 21.7 Å². The topological polar surface area (TPSA) is 89.2 Å². The highest BCUT2D eigenvalue weighted by molar-refractivity contribution is 7.89. The van der Waals surface area contributed by atoms with Crippen LogP contribution in [0, 0.1) is 0 Å². The van der Waals surface area contributed by atoms with Gasteiger partial charge in [-0.2, -0.15) is 9.29 Å². The fourth-order valence-electron chi connectivity index (χ4n) is 3.01. The third-order valence-corrected chi connectivity index (χ3v) is 6.46. The minimum atomic E-state index is -3.67. The first-order valence-corrected chi connectivity index (χ1v) is 9.89. The molecule has 2 aromatic heterocycles. The molecule has 0 aliphatic carbocycles. The van der Waals surface area contributed by atoms with Crippen LogP contribution < -0.4 is 0 Å². The zero-order valence-electron chi connectivity index (χ0n) is 13.6. The summed E-state index contributed by atoms with van der Waals surface area (Å²) >= 11 is 5.86. The molecule has 134 valence electrons. The first-order chi connectivity index (χ1) is 12.6. The van der Waals surface area contributed by atoms with E-state index in [1.807, 2.05) is 0 Å². The number of benzene rings is 1. The van der Waals surface area contributed by atoms with Gasteiger partial charge in [-0.1, -0.05) is 16.8 Å². The summed E-state index contributed by atoms with van der Waals surface area (Å²) in [6, 6.07) is 9.20. The van der Waals surface area contributed by atoms with Crippen LogP contribution in [-0.2, 0) is 10.0 Å². The molecule has 1 saturated heterocycles. The number of rotatable bonds is 4. The molecule has 0 bridgehead atoms. The average molecular weight is 391 g/mol. The molecule has 3 aromatic rings. The van der Waals surface area contributed by atoms with Crippen LogP contribution in [0.1, 0.15) is 24.8 Å². The van der Waals surface area contributed by atoms with Gasteiger partial charge in [0.15, 0.2) is 0 Å². The Morgan fingerprint density at radius 3 is 2.58 bits per heavy atom. The van der Waals surface area contributed by atoms with Crippen molar-refractivity contribution in [1.29, 1.82) is 0 Å². The molecule has 3 heterocycles. The van der Waals surface area contributed by atoms with Crippen LogP contribution in [-0.4, -0.2) is 34.4 Å². The molecule has 1 atom stereocenters. The third-order valence-electron chi connectivity index (χ3n) is 4.29. The summed E-state index contributed by atoms with van der Waals surface area (Å²) in [5.41, 5.74) is 0.764. The zero-order valence-corrected chi connectivity index (χ0v) is 15.2. The van der Waals surface area contributed by atoms with Crippen LogP contribution in [0.3, 0.4) is 0 Å². The number of pyridine rings is 1. The van der Waals surface area contributed by atoms with Gasteiger partial charge < -0.3 is 4.52 Å². The molecule has 1 fully saturated rings. The summed E-state index contributed by atoms with van der Waals surface area (Å²) in [4.78, 5) is 8.55. The van der Waals surface area contributed by atoms with Crippen LogP contribution >= 0.6 is 11.6 Å². The predicted octanol–water partition coefficient (Wildman–Crippen LogP) is 3.31. The Morgan fingerprint density at radius 1 is 1.12 bits per heavy atom. The Labute approximate surface area is 155 Å². The van der Waals surface area contributed by atoms with E-state index >= 15 is 0 Å². The summed E-state index contributed by atoms with van der Waals surface area (Å²) in [6.07, 6.45) is 4.63. The molecule has 0 N–H and O–H groups in total. The molecule has 0 unspecified atom stereocenters. The summed E-state index contributed by atoms with van der Waals surface area (Å²) in [5.74, 6) is 0.713. The lowest BCUT2D eigenvalue weighted by molar-refractivity contribution is 0.290. The lowest BCUT2D eigenvalue weighted by atomic mass is 10.2. The van der Waals surface area contributed by atoms with Crippen molar-refractivity contribution in [3.8, 4) is 11.4 Å². The maximum absolute atomic E-state index is 13.0. The van der Waals surface area contributed by atoms with Crippen LogP contribution in [0.4, 0.5) is 0 Å². The largest absolute Gasteiger partial charge is 0.337 e. The first kappa shape index (κ1) is 17.1.